The molecule has 1 saturated heterocycles. The Morgan fingerprint density at radius 2 is 2.41 bits per heavy atom. The van der Waals surface area contributed by atoms with Crippen molar-refractivity contribution in [1.82, 2.24) is 10.2 Å². The van der Waals surface area contributed by atoms with Crippen molar-refractivity contribution in [2.24, 2.45) is 0 Å². The van der Waals surface area contributed by atoms with Crippen LogP contribution in [0, 0.1) is 0 Å². The van der Waals surface area contributed by atoms with Gasteiger partial charge in [0.25, 0.3) is 0 Å². The summed E-state index contributed by atoms with van der Waals surface area (Å²) in [5.41, 5.74) is 0. The first-order valence-corrected chi connectivity index (χ1v) is 6.87. The van der Waals surface area contributed by atoms with Gasteiger partial charge in [-0.15, -0.1) is 0 Å². The number of hydrogen-bond acceptors (Lipinski definition) is 3. The minimum absolute atomic E-state index is 0.592. The van der Waals surface area contributed by atoms with E-state index in [1.165, 1.54) is 0 Å². The van der Waals surface area contributed by atoms with Crippen LogP contribution in [0.4, 0.5) is 0 Å². The fourth-order valence-electron chi connectivity index (χ4n) is 2.06. The number of nitrogens with zero attached hydrogens (tertiary/aromatic N) is 1. The van der Waals surface area contributed by atoms with Gasteiger partial charge in [-0.3, -0.25) is 4.90 Å². The maximum atomic E-state index is 5.73. The van der Waals surface area contributed by atoms with Crippen LogP contribution in [0.5, 0.6) is 5.75 Å². The average molecular weight is 299 g/mol. The topological polar surface area (TPSA) is 24.5 Å². The Bertz CT molecular complexity index is 359. The van der Waals surface area contributed by atoms with Crippen LogP contribution in [0.1, 0.15) is 6.92 Å². The number of halogens is 1. The lowest BCUT2D eigenvalue weighted by atomic mass is 10.2. The molecule has 94 valence electrons. The highest BCUT2D eigenvalue weighted by molar-refractivity contribution is 9.10. The third kappa shape index (κ3) is 4.30. The van der Waals surface area contributed by atoms with Gasteiger partial charge in [0.15, 0.2) is 0 Å². The van der Waals surface area contributed by atoms with Gasteiger partial charge in [-0.1, -0.05) is 22.0 Å². The van der Waals surface area contributed by atoms with E-state index in [1.807, 2.05) is 24.3 Å². The zero-order valence-electron chi connectivity index (χ0n) is 10.2. The fourth-order valence-corrected chi connectivity index (χ4v) is 2.44. The van der Waals surface area contributed by atoms with Gasteiger partial charge < -0.3 is 10.1 Å². The lowest BCUT2D eigenvalue weighted by Crippen LogP contribution is -2.50. The summed E-state index contributed by atoms with van der Waals surface area (Å²) in [7, 11) is 0. The Morgan fingerprint density at radius 3 is 3.18 bits per heavy atom. The second-order valence-electron chi connectivity index (χ2n) is 4.46. The molecule has 0 radical (unpaired) electrons. The lowest BCUT2D eigenvalue weighted by molar-refractivity contribution is 0.170. The van der Waals surface area contributed by atoms with E-state index in [-0.39, 0.29) is 0 Å². The molecule has 1 aromatic rings. The van der Waals surface area contributed by atoms with Gasteiger partial charge in [0.2, 0.25) is 0 Å². The highest BCUT2D eigenvalue weighted by atomic mass is 79.9. The van der Waals surface area contributed by atoms with Crippen LogP contribution >= 0.6 is 15.9 Å². The molecule has 17 heavy (non-hydrogen) atoms. The molecular weight excluding hydrogens is 280 g/mol. The summed E-state index contributed by atoms with van der Waals surface area (Å²) in [5, 5.41) is 3.44. The van der Waals surface area contributed by atoms with Gasteiger partial charge in [-0.05, 0) is 25.1 Å². The van der Waals surface area contributed by atoms with Gasteiger partial charge in [0.1, 0.15) is 12.4 Å². The predicted octanol–water partition coefficient (Wildman–Crippen LogP) is 2.12. The SMILES string of the molecule is CC1CN(CCOc2cccc(Br)c2)CCN1. The van der Waals surface area contributed by atoms with E-state index < -0.39 is 0 Å². The number of benzene rings is 1. The molecule has 0 amide bonds. The summed E-state index contributed by atoms with van der Waals surface area (Å²) in [6.45, 7) is 7.29. The molecule has 1 heterocycles. The van der Waals surface area contributed by atoms with Crippen LogP contribution in [-0.4, -0.2) is 43.7 Å². The first-order chi connectivity index (χ1) is 8.24. The minimum Gasteiger partial charge on any atom is -0.492 e. The molecule has 0 saturated carbocycles. The van der Waals surface area contributed by atoms with Crippen molar-refractivity contribution in [3.63, 3.8) is 0 Å². The highest BCUT2D eigenvalue weighted by Gasteiger charge is 2.14. The van der Waals surface area contributed by atoms with E-state index in [1.54, 1.807) is 0 Å². The van der Waals surface area contributed by atoms with Crippen molar-refractivity contribution in [2.75, 3.05) is 32.8 Å². The molecule has 3 nitrogen and oxygen atoms in total. The van der Waals surface area contributed by atoms with Crippen molar-refractivity contribution in [3.05, 3.63) is 28.7 Å². The Hall–Kier alpha value is -0.580. The summed E-state index contributed by atoms with van der Waals surface area (Å²) < 4.78 is 6.79. The normalized spacial score (nSPS) is 21.4. The summed E-state index contributed by atoms with van der Waals surface area (Å²) in [6.07, 6.45) is 0. The molecular formula is C13H19BrN2O. The van der Waals surface area contributed by atoms with E-state index >= 15 is 0 Å². The van der Waals surface area contributed by atoms with E-state index in [0.717, 1.165) is 43.0 Å². The zero-order valence-corrected chi connectivity index (χ0v) is 11.7. The van der Waals surface area contributed by atoms with Crippen LogP contribution in [0.2, 0.25) is 0 Å². The number of piperazine rings is 1. The van der Waals surface area contributed by atoms with Gasteiger partial charge in [-0.25, -0.2) is 0 Å². The van der Waals surface area contributed by atoms with Crippen molar-refractivity contribution < 1.29 is 4.74 Å². The second kappa shape index (κ2) is 6.38. The first-order valence-electron chi connectivity index (χ1n) is 6.08. The van der Waals surface area contributed by atoms with Crippen LogP contribution in [-0.2, 0) is 0 Å². The van der Waals surface area contributed by atoms with E-state index in [4.69, 9.17) is 4.74 Å². The van der Waals surface area contributed by atoms with Gasteiger partial charge in [0.05, 0.1) is 0 Å². The van der Waals surface area contributed by atoms with Gasteiger partial charge >= 0.3 is 0 Å². The van der Waals surface area contributed by atoms with Crippen LogP contribution < -0.4 is 10.1 Å². The van der Waals surface area contributed by atoms with E-state index in [9.17, 15) is 0 Å². The smallest absolute Gasteiger partial charge is 0.120 e. The standard InChI is InChI=1S/C13H19BrN2O/c1-11-10-16(6-5-15-11)7-8-17-13-4-2-3-12(14)9-13/h2-4,9,11,15H,5-8,10H2,1H3. The van der Waals surface area contributed by atoms with Crippen LogP contribution in [0.3, 0.4) is 0 Å². The molecule has 1 N–H and O–H groups in total. The number of nitrogens with one attached hydrogen (secondary N) is 1. The first kappa shape index (κ1) is 12.9. The zero-order chi connectivity index (χ0) is 12.1. The molecule has 0 spiro atoms. The largest absolute Gasteiger partial charge is 0.492 e. The quantitative estimate of drug-likeness (QED) is 0.922. The molecule has 1 atom stereocenters. The Balaban J connectivity index is 1.72. The third-order valence-electron chi connectivity index (χ3n) is 2.93. The maximum Gasteiger partial charge on any atom is 0.120 e. The monoisotopic (exact) mass is 298 g/mol. The molecule has 0 aromatic heterocycles. The van der Waals surface area contributed by atoms with Gasteiger partial charge in [-0.2, -0.15) is 0 Å². The summed E-state index contributed by atoms with van der Waals surface area (Å²) >= 11 is 3.44. The molecule has 2 rings (SSSR count). The molecule has 1 unspecified atom stereocenters. The summed E-state index contributed by atoms with van der Waals surface area (Å²) in [4.78, 5) is 2.44. The van der Waals surface area contributed by atoms with Gasteiger partial charge in [0, 0.05) is 36.7 Å². The fraction of sp³-hybridized carbons (Fsp3) is 0.538. The number of rotatable bonds is 4. The Labute approximate surface area is 111 Å². The van der Waals surface area contributed by atoms with Crippen molar-refractivity contribution in [1.29, 1.82) is 0 Å². The maximum absolute atomic E-state index is 5.73. The minimum atomic E-state index is 0.592. The Kier molecular flexibility index (Phi) is 4.83. The Morgan fingerprint density at radius 1 is 1.53 bits per heavy atom. The molecule has 1 aliphatic heterocycles. The lowest BCUT2D eigenvalue weighted by Gasteiger charge is -2.31. The molecule has 1 fully saturated rings. The second-order valence-corrected chi connectivity index (χ2v) is 5.38. The summed E-state index contributed by atoms with van der Waals surface area (Å²) in [6, 6.07) is 8.58. The molecule has 1 aromatic carbocycles. The average Bonchev–Trinajstić information content (AvgIpc) is 2.29. The van der Waals surface area contributed by atoms with E-state index in [0.29, 0.717) is 6.04 Å². The predicted molar refractivity (Wildman–Crippen MR) is 73.5 cm³/mol. The van der Waals surface area contributed by atoms with Crippen molar-refractivity contribution >= 4 is 15.9 Å². The molecule has 4 heteroatoms. The summed E-state index contributed by atoms with van der Waals surface area (Å²) in [5.74, 6) is 0.933. The van der Waals surface area contributed by atoms with Crippen LogP contribution in [0.15, 0.2) is 28.7 Å². The molecule has 0 aliphatic carbocycles. The third-order valence-corrected chi connectivity index (χ3v) is 3.42. The molecule has 1 aliphatic rings. The molecule has 0 bridgehead atoms. The number of ether oxygens (including phenoxy) is 1. The van der Waals surface area contributed by atoms with E-state index in [2.05, 4.69) is 33.1 Å². The van der Waals surface area contributed by atoms with Crippen molar-refractivity contribution in [2.45, 2.75) is 13.0 Å². The van der Waals surface area contributed by atoms with Crippen LogP contribution in [0.25, 0.3) is 0 Å². The van der Waals surface area contributed by atoms with Crippen molar-refractivity contribution in [3.8, 4) is 5.75 Å². The highest BCUT2D eigenvalue weighted by Crippen LogP contribution is 2.17. The number of hydrogen-bond donors (Lipinski definition) is 1.